The van der Waals surface area contributed by atoms with Crippen molar-refractivity contribution in [1.29, 1.82) is 0 Å². The van der Waals surface area contributed by atoms with Crippen molar-refractivity contribution in [3.8, 4) is 5.75 Å². The van der Waals surface area contributed by atoms with Crippen LogP contribution in [0.15, 0.2) is 36.5 Å². The van der Waals surface area contributed by atoms with Crippen molar-refractivity contribution in [2.45, 2.75) is 63.2 Å². The summed E-state index contributed by atoms with van der Waals surface area (Å²) < 4.78 is 127. The third-order valence-corrected chi connectivity index (χ3v) is 7.04. The number of benzene rings is 1. The van der Waals surface area contributed by atoms with Gasteiger partial charge in [-0.25, -0.2) is 19.7 Å². The van der Waals surface area contributed by atoms with Gasteiger partial charge in [0.1, 0.15) is 5.69 Å². The molecule has 3 aromatic rings. The highest BCUT2D eigenvalue weighted by Crippen LogP contribution is 2.41. The van der Waals surface area contributed by atoms with E-state index in [2.05, 4.69) is 20.3 Å². The van der Waals surface area contributed by atoms with Crippen LogP contribution in [-0.2, 0) is 24.9 Å². The van der Waals surface area contributed by atoms with E-state index in [1.807, 2.05) is 0 Å². The fourth-order valence-electron chi connectivity index (χ4n) is 4.95. The summed E-state index contributed by atoms with van der Waals surface area (Å²) in [4.78, 5) is 24.9. The molecule has 0 aliphatic carbocycles. The number of aromatic nitrogens is 3. The SMILES string of the molecule is CC[C@@H]1C[C@H](Nc2ncc(OCCCO)c(Cc3cc(C(F)(F)F)cc(C(F)(F)F)c3)n2)c2nc(C(F)(F)F)ccc2N1C(=O)O. The first-order valence-electron chi connectivity index (χ1n) is 13.7. The van der Waals surface area contributed by atoms with Crippen molar-refractivity contribution in [3.63, 3.8) is 0 Å². The highest BCUT2D eigenvalue weighted by molar-refractivity contribution is 5.88. The molecule has 0 unspecified atom stereocenters. The summed E-state index contributed by atoms with van der Waals surface area (Å²) >= 11 is 0. The van der Waals surface area contributed by atoms with E-state index in [1.165, 1.54) is 0 Å². The Morgan fingerprint density at radius 2 is 1.65 bits per heavy atom. The second-order valence-electron chi connectivity index (χ2n) is 10.3. The van der Waals surface area contributed by atoms with Gasteiger partial charge in [0.05, 0.1) is 47.0 Å². The van der Waals surface area contributed by atoms with Crippen LogP contribution < -0.4 is 15.0 Å². The molecule has 1 aliphatic rings. The smallest absolute Gasteiger partial charge is 0.433 e. The fourth-order valence-corrected chi connectivity index (χ4v) is 4.95. The van der Waals surface area contributed by atoms with Gasteiger partial charge in [0, 0.05) is 25.5 Å². The molecule has 1 aromatic carbocycles. The van der Waals surface area contributed by atoms with Crippen LogP contribution in [0.4, 0.5) is 55.9 Å². The largest absolute Gasteiger partial charge is 0.490 e. The van der Waals surface area contributed by atoms with Gasteiger partial charge in [-0.3, -0.25) is 4.90 Å². The Morgan fingerprint density at radius 1 is 1.00 bits per heavy atom. The first-order valence-corrected chi connectivity index (χ1v) is 13.7. The van der Waals surface area contributed by atoms with Crippen molar-refractivity contribution in [2.75, 3.05) is 23.4 Å². The van der Waals surface area contributed by atoms with Crippen LogP contribution in [0.2, 0.25) is 0 Å². The van der Waals surface area contributed by atoms with Gasteiger partial charge in [0.15, 0.2) is 5.75 Å². The predicted molar refractivity (Wildman–Crippen MR) is 143 cm³/mol. The van der Waals surface area contributed by atoms with Gasteiger partial charge in [0.25, 0.3) is 0 Å². The van der Waals surface area contributed by atoms with E-state index in [4.69, 9.17) is 9.84 Å². The quantitative estimate of drug-likeness (QED) is 0.163. The summed E-state index contributed by atoms with van der Waals surface area (Å²) in [6, 6.07) is 0.836. The molecular weight excluding hydrogens is 641 g/mol. The summed E-state index contributed by atoms with van der Waals surface area (Å²) in [7, 11) is 0. The van der Waals surface area contributed by atoms with Gasteiger partial charge >= 0.3 is 24.6 Å². The molecule has 0 saturated carbocycles. The molecule has 9 nitrogen and oxygen atoms in total. The number of aliphatic hydroxyl groups is 1. The molecule has 3 N–H and O–H groups in total. The summed E-state index contributed by atoms with van der Waals surface area (Å²) in [6.07, 6.45) is -15.7. The molecule has 46 heavy (non-hydrogen) atoms. The van der Waals surface area contributed by atoms with Crippen LogP contribution in [0.3, 0.4) is 0 Å². The van der Waals surface area contributed by atoms with E-state index in [0.717, 1.165) is 17.2 Å². The minimum atomic E-state index is -5.11. The monoisotopic (exact) mass is 667 g/mol. The second-order valence-corrected chi connectivity index (χ2v) is 10.3. The molecule has 18 heteroatoms. The maximum absolute atomic E-state index is 13.5. The number of amides is 1. The number of alkyl halides is 9. The lowest BCUT2D eigenvalue weighted by atomic mass is 9.93. The number of nitrogens with one attached hydrogen (secondary N) is 1. The summed E-state index contributed by atoms with van der Waals surface area (Å²) in [5, 5.41) is 21.7. The number of fused-ring (bicyclic) bond motifs is 1. The van der Waals surface area contributed by atoms with E-state index in [9.17, 15) is 49.4 Å². The number of hydrogen-bond donors (Lipinski definition) is 3. The van der Waals surface area contributed by atoms with Crippen LogP contribution in [0.1, 0.15) is 66.0 Å². The third kappa shape index (κ3) is 7.89. The van der Waals surface area contributed by atoms with Crippen molar-refractivity contribution in [3.05, 3.63) is 70.3 Å². The van der Waals surface area contributed by atoms with E-state index >= 15 is 0 Å². The van der Waals surface area contributed by atoms with Crippen LogP contribution in [0.5, 0.6) is 5.75 Å². The zero-order valence-corrected chi connectivity index (χ0v) is 23.8. The molecule has 2 atom stereocenters. The third-order valence-electron chi connectivity index (χ3n) is 7.04. The Hall–Kier alpha value is -4.35. The number of rotatable bonds is 9. The Labute approximate surface area is 255 Å². The molecule has 0 bridgehead atoms. The van der Waals surface area contributed by atoms with E-state index < -0.39 is 65.5 Å². The van der Waals surface area contributed by atoms with Crippen LogP contribution >= 0.6 is 0 Å². The Kier molecular flexibility index (Phi) is 9.89. The van der Waals surface area contributed by atoms with Crippen LogP contribution in [0.25, 0.3) is 0 Å². The Bertz CT molecular complexity index is 1530. The number of carbonyl (C=O) groups is 1. The van der Waals surface area contributed by atoms with E-state index in [-0.39, 0.29) is 67.3 Å². The molecule has 0 radical (unpaired) electrons. The molecular formula is C28H26F9N5O4. The number of aliphatic hydroxyl groups excluding tert-OH is 1. The van der Waals surface area contributed by atoms with Crippen molar-refractivity contribution < 1.29 is 59.3 Å². The summed E-state index contributed by atoms with van der Waals surface area (Å²) in [6.45, 7) is 1.26. The Morgan fingerprint density at radius 3 is 2.20 bits per heavy atom. The van der Waals surface area contributed by atoms with Crippen molar-refractivity contribution in [1.82, 2.24) is 15.0 Å². The molecule has 0 saturated heterocycles. The highest BCUT2D eigenvalue weighted by atomic mass is 19.4. The van der Waals surface area contributed by atoms with Gasteiger partial charge in [-0.2, -0.15) is 39.5 Å². The van der Waals surface area contributed by atoms with Gasteiger partial charge in [-0.1, -0.05) is 6.92 Å². The van der Waals surface area contributed by atoms with Gasteiger partial charge in [-0.05, 0) is 48.7 Å². The molecule has 1 amide bonds. The summed E-state index contributed by atoms with van der Waals surface area (Å²) in [5.74, 6) is -0.420. The first-order chi connectivity index (χ1) is 21.4. The molecule has 1 aliphatic heterocycles. The molecule has 2 aromatic heterocycles. The van der Waals surface area contributed by atoms with Crippen molar-refractivity contribution >= 4 is 17.7 Å². The zero-order chi connectivity index (χ0) is 34.0. The van der Waals surface area contributed by atoms with Gasteiger partial charge < -0.3 is 20.3 Å². The first kappa shape index (κ1) is 34.5. The minimum absolute atomic E-state index is 0.0254. The Balaban J connectivity index is 1.78. The lowest BCUT2D eigenvalue weighted by Gasteiger charge is -2.38. The fraction of sp³-hybridized carbons (Fsp3) is 0.429. The number of nitrogens with zero attached hydrogens (tertiary/aromatic N) is 4. The number of hydrogen-bond acceptors (Lipinski definition) is 7. The average molecular weight is 668 g/mol. The maximum atomic E-state index is 13.5. The molecule has 4 rings (SSSR count). The number of halogens is 9. The number of ether oxygens (including phenoxy) is 1. The number of carboxylic acid groups (broad SMARTS) is 1. The van der Waals surface area contributed by atoms with E-state index in [0.29, 0.717) is 18.2 Å². The zero-order valence-electron chi connectivity index (χ0n) is 23.8. The maximum Gasteiger partial charge on any atom is 0.433 e. The normalized spacial score (nSPS) is 17.1. The average Bonchev–Trinajstić information content (AvgIpc) is 2.96. The van der Waals surface area contributed by atoms with Gasteiger partial charge in [-0.15, -0.1) is 0 Å². The van der Waals surface area contributed by atoms with Crippen LogP contribution in [-0.4, -0.2) is 50.5 Å². The number of anilines is 2. The van der Waals surface area contributed by atoms with Gasteiger partial charge in [0.2, 0.25) is 5.95 Å². The van der Waals surface area contributed by atoms with E-state index in [1.54, 1.807) is 6.92 Å². The number of pyridine rings is 1. The second kappa shape index (κ2) is 13.2. The lowest BCUT2D eigenvalue weighted by molar-refractivity contribution is -0.143. The summed E-state index contributed by atoms with van der Waals surface area (Å²) in [5.41, 5.74) is -5.40. The predicted octanol–water partition coefficient (Wildman–Crippen LogP) is 7.10. The lowest BCUT2D eigenvalue weighted by Crippen LogP contribution is -2.45. The molecule has 0 spiro atoms. The molecule has 250 valence electrons. The molecule has 3 heterocycles. The minimum Gasteiger partial charge on any atom is -0.490 e. The van der Waals surface area contributed by atoms with Crippen molar-refractivity contribution in [2.24, 2.45) is 0 Å². The molecule has 0 fully saturated rings. The highest BCUT2D eigenvalue weighted by Gasteiger charge is 2.41. The standard InChI is InChI=1S/C28H26F9N5O4/c1-2-17-12-19(23-20(42(17)25(44)45)4-5-22(41-23)28(35,36)37)40-24-38-13-21(46-7-3-6-43)18(39-24)10-14-8-15(26(29,30)31)11-16(9-14)27(32,33)34/h4-5,8-9,11,13,17,19,43H,2-3,6-7,10,12H2,1H3,(H,44,45)(H,38,39,40)/t17-,19+/m1/s1. The van der Waals surface area contributed by atoms with Crippen LogP contribution in [0, 0.1) is 0 Å². The topological polar surface area (TPSA) is 121 Å².